The van der Waals surface area contributed by atoms with Crippen LogP contribution >= 0.6 is 0 Å². The van der Waals surface area contributed by atoms with Gasteiger partial charge in [-0.3, -0.25) is 4.90 Å². The number of rotatable bonds is 4. The Kier molecular flexibility index (Phi) is 5.72. The first kappa shape index (κ1) is 22.2. The summed E-state index contributed by atoms with van der Waals surface area (Å²) in [7, 11) is 0. The summed E-state index contributed by atoms with van der Waals surface area (Å²) in [6.07, 6.45) is 6.28. The van der Waals surface area contributed by atoms with Crippen LogP contribution in [0.3, 0.4) is 0 Å². The Balaban J connectivity index is 1.20. The minimum atomic E-state index is -0.160. The summed E-state index contributed by atoms with van der Waals surface area (Å²) in [5, 5.41) is 0. The minimum Gasteiger partial charge on any atom is -0.448 e. The smallest absolute Gasteiger partial charge is 0.410 e. The fraction of sp³-hybridized carbons (Fsp3) is 0.344. The molecule has 3 nitrogen and oxygen atoms in total. The van der Waals surface area contributed by atoms with E-state index in [-0.39, 0.29) is 24.1 Å². The fourth-order valence-corrected chi connectivity index (χ4v) is 6.28. The molecule has 2 atom stereocenters. The molecule has 6 rings (SSSR count). The van der Waals surface area contributed by atoms with E-state index in [1.54, 1.807) is 0 Å². The van der Waals surface area contributed by atoms with Crippen LogP contribution in [0.4, 0.5) is 4.79 Å². The van der Waals surface area contributed by atoms with E-state index in [9.17, 15) is 4.79 Å². The number of nitrogens with zero attached hydrogens (tertiary/aromatic N) is 1. The van der Waals surface area contributed by atoms with Gasteiger partial charge in [0.2, 0.25) is 0 Å². The lowest BCUT2D eigenvalue weighted by molar-refractivity contribution is 0.0539. The Labute approximate surface area is 208 Å². The summed E-state index contributed by atoms with van der Waals surface area (Å²) in [6.45, 7) is 4.84. The Hall–Kier alpha value is -3.33. The molecule has 0 radical (unpaired) electrons. The highest BCUT2D eigenvalue weighted by atomic mass is 16.6. The molecule has 0 saturated carbocycles. The number of fused-ring (bicyclic) bond motifs is 5. The van der Waals surface area contributed by atoms with Gasteiger partial charge in [0.1, 0.15) is 6.61 Å². The second kappa shape index (κ2) is 9.03. The van der Waals surface area contributed by atoms with Gasteiger partial charge in [0.05, 0.1) is 6.04 Å². The van der Waals surface area contributed by atoms with Gasteiger partial charge >= 0.3 is 6.09 Å². The average molecular weight is 464 g/mol. The molecule has 178 valence electrons. The largest absolute Gasteiger partial charge is 0.448 e. The van der Waals surface area contributed by atoms with Gasteiger partial charge in [0.25, 0.3) is 0 Å². The summed E-state index contributed by atoms with van der Waals surface area (Å²) in [5.74, 6) is 0.634. The molecule has 3 aliphatic rings. The van der Waals surface area contributed by atoms with E-state index in [0.29, 0.717) is 12.5 Å². The van der Waals surface area contributed by atoms with Crippen LogP contribution in [0.25, 0.3) is 16.7 Å². The van der Waals surface area contributed by atoms with E-state index in [1.165, 1.54) is 45.4 Å². The van der Waals surface area contributed by atoms with Crippen LogP contribution in [0.15, 0.2) is 78.9 Å². The molecule has 2 heterocycles. The summed E-state index contributed by atoms with van der Waals surface area (Å²) >= 11 is 0. The van der Waals surface area contributed by atoms with Crippen molar-refractivity contribution >= 4 is 11.7 Å². The van der Waals surface area contributed by atoms with Crippen molar-refractivity contribution in [2.24, 2.45) is 0 Å². The van der Waals surface area contributed by atoms with Crippen LogP contribution in [0, 0.1) is 0 Å². The molecule has 1 aliphatic carbocycles. The van der Waals surface area contributed by atoms with Gasteiger partial charge in [-0.2, -0.15) is 0 Å². The number of piperidine rings is 1. The molecule has 0 spiro atoms. The molecule has 2 bridgehead atoms. The summed E-state index contributed by atoms with van der Waals surface area (Å²) in [5.41, 5.74) is 9.06. The lowest BCUT2D eigenvalue weighted by Gasteiger charge is -2.44. The second-order valence-electron chi connectivity index (χ2n) is 10.5. The van der Waals surface area contributed by atoms with E-state index in [0.717, 1.165) is 19.3 Å². The summed E-state index contributed by atoms with van der Waals surface area (Å²) in [6, 6.07) is 26.3. The molecule has 0 N–H and O–H groups in total. The highest BCUT2D eigenvalue weighted by Gasteiger charge is 2.39. The first-order valence-electron chi connectivity index (χ1n) is 13.0. The predicted octanol–water partition coefficient (Wildman–Crippen LogP) is 7.77. The van der Waals surface area contributed by atoms with Crippen LogP contribution in [0.5, 0.6) is 0 Å². The first-order chi connectivity index (χ1) is 17.1. The van der Waals surface area contributed by atoms with Crippen molar-refractivity contribution in [1.82, 2.24) is 4.90 Å². The van der Waals surface area contributed by atoms with Gasteiger partial charge < -0.3 is 4.74 Å². The van der Waals surface area contributed by atoms with Crippen molar-refractivity contribution in [3.8, 4) is 11.1 Å². The molecule has 1 fully saturated rings. The number of carbonyl (C=O) groups excluding carboxylic acids is 1. The maximum Gasteiger partial charge on any atom is 0.410 e. The Morgan fingerprint density at radius 3 is 2.20 bits per heavy atom. The van der Waals surface area contributed by atoms with Gasteiger partial charge in [0, 0.05) is 12.0 Å². The molecule has 3 aromatic carbocycles. The third-order valence-corrected chi connectivity index (χ3v) is 8.13. The topological polar surface area (TPSA) is 29.5 Å². The van der Waals surface area contributed by atoms with Gasteiger partial charge in [0.15, 0.2) is 0 Å². The molecular formula is C32H33NO2. The van der Waals surface area contributed by atoms with E-state index >= 15 is 0 Å². The second-order valence-corrected chi connectivity index (χ2v) is 10.5. The fourth-order valence-electron chi connectivity index (χ4n) is 6.28. The molecule has 3 heteroatoms. The SMILES string of the molecule is CC(C)c1ccc(C2=CC3CCCC(C2)N3C(=O)OCC2c3ccccc3-c3ccccc32)cc1. The lowest BCUT2D eigenvalue weighted by Crippen LogP contribution is -2.51. The number of amides is 1. The molecule has 1 amide bonds. The predicted molar refractivity (Wildman–Crippen MR) is 141 cm³/mol. The minimum absolute atomic E-state index is 0.0987. The molecule has 2 aliphatic heterocycles. The van der Waals surface area contributed by atoms with E-state index in [1.807, 2.05) is 4.90 Å². The zero-order valence-corrected chi connectivity index (χ0v) is 20.6. The molecule has 0 aromatic heterocycles. The average Bonchev–Trinajstić information content (AvgIpc) is 3.20. The standard InChI is InChI=1S/C32H33NO2/c1-21(2)22-14-16-23(17-15-22)24-18-25-8-7-9-26(19-24)33(25)32(34)35-20-31-29-12-5-3-10-27(29)28-11-4-6-13-30(28)31/h3-6,10-18,21,25-26,31H,7-9,19-20H2,1-2H3. The molecule has 2 unspecified atom stereocenters. The van der Waals surface area contributed by atoms with Crippen molar-refractivity contribution in [2.45, 2.75) is 63.5 Å². The van der Waals surface area contributed by atoms with Crippen LogP contribution in [0.1, 0.15) is 73.6 Å². The van der Waals surface area contributed by atoms with Gasteiger partial charge in [-0.25, -0.2) is 4.79 Å². The van der Waals surface area contributed by atoms with Crippen molar-refractivity contribution in [3.05, 3.63) is 101 Å². The number of ether oxygens (including phenoxy) is 1. The summed E-state index contributed by atoms with van der Waals surface area (Å²) < 4.78 is 6.06. The van der Waals surface area contributed by atoms with Crippen LogP contribution in [0.2, 0.25) is 0 Å². The van der Waals surface area contributed by atoms with Gasteiger partial charge in [-0.15, -0.1) is 0 Å². The van der Waals surface area contributed by atoms with Crippen molar-refractivity contribution in [2.75, 3.05) is 6.61 Å². The van der Waals surface area contributed by atoms with Crippen LogP contribution in [-0.4, -0.2) is 29.7 Å². The highest BCUT2D eigenvalue weighted by molar-refractivity contribution is 5.79. The van der Waals surface area contributed by atoms with E-state index in [2.05, 4.69) is 92.7 Å². The third kappa shape index (κ3) is 3.97. The number of carbonyl (C=O) groups is 1. The Bertz CT molecular complexity index is 1230. The van der Waals surface area contributed by atoms with E-state index < -0.39 is 0 Å². The van der Waals surface area contributed by atoms with Gasteiger partial charge in [-0.1, -0.05) is 92.7 Å². The van der Waals surface area contributed by atoms with Crippen molar-refractivity contribution in [1.29, 1.82) is 0 Å². The van der Waals surface area contributed by atoms with Crippen molar-refractivity contribution < 1.29 is 9.53 Å². The quantitative estimate of drug-likeness (QED) is 0.395. The maximum absolute atomic E-state index is 13.4. The number of hydrogen-bond acceptors (Lipinski definition) is 2. The summed E-state index contributed by atoms with van der Waals surface area (Å²) in [4.78, 5) is 15.5. The normalized spacial score (nSPS) is 20.9. The van der Waals surface area contributed by atoms with Gasteiger partial charge in [-0.05, 0) is 70.6 Å². The van der Waals surface area contributed by atoms with Crippen molar-refractivity contribution in [3.63, 3.8) is 0 Å². The molecular weight excluding hydrogens is 430 g/mol. The Morgan fingerprint density at radius 1 is 0.914 bits per heavy atom. The third-order valence-electron chi connectivity index (χ3n) is 8.13. The monoisotopic (exact) mass is 463 g/mol. The van der Waals surface area contributed by atoms with E-state index in [4.69, 9.17) is 4.74 Å². The molecule has 3 aromatic rings. The lowest BCUT2D eigenvalue weighted by atomic mass is 9.83. The Morgan fingerprint density at radius 2 is 1.57 bits per heavy atom. The highest BCUT2D eigenvalue weighted by Crippen LogP contribution is 2.45. The first-order valence-corrected chi connectivity index (χ1v) is 13.0. The van der Waals surface area contributed by atoms with Crippen LogP contribution < -0.4 is 0 Å². The number of benzene rings is 3. The molecule has 1 saturated heterocycles. The van der Waals surface area contributed by atoms with Crippen LogP contribution in [-0.2, 0) is 4.74 Å². The maximum atomic E-state index is 13.4. The number of hydrogen-bond donors (Lipinski definition) is 0. The zero-order chi connectivity index (χ0) is 23.9. The molecule has 35 heavy (non-hydrogen) atoms. The zero-order valence-electron chi connectivity index (χ0n) is 20.6.